The lowest BCUT2D eigenvalue weighted by Gasteiger charge is -2.15. The van der Waals surface area contributed by atoms with Gasteiger partial charge >= 0.3 is 0 Å². The molecule has 0 aliphatic heterocycles. The molecule has 23 heavy (non-hydrogen) atoms. The van der Waals surface area contributed by atoms with Crippen LogP contribution in [0.1, 0.15) is 16.1 Å². The van der Waals surface area contributed by atoms with Crippen LogP contribution in [0.2, 0.25) is 10.2 Å². The molecule has 0 bridgehead atoms. The minimum atomic E-state index is -0.189. The zero-order valence-electron chi connectivity index (χ0n) is 12.3. The van der Waals surface area contributed by atoms with E-state index in [1.165, 1.54) is 6.07 Å². The van der Waals surface area contributed by atoms with Crippen molar-refractivity contribution in [1.29, 1.82) is 0 Å². The number of nitrogens with zero attached hydrogens (tertiary/aromatic N) is 3. The number of hydrogen-bond donors (Lipinski definition) is 1. The van der Waals surface area contributed by atoms with E-state index >= 15 is 0 Å². The number of rotatable bonds is 4. The van der Waals surface area contributed by atoms with E-state index in [1.807, 2.05) is 36.5 Å². The van der Waals surface area contributed by atoms with Crippen LogP contribution in [-0.4, -0.2) is 32.6 Å². The zero-order chi connectivity index (χ0) is 16.4. The second-order valence-electron chi connectivity index (χ2n) is 5.13. The summed E-state index contributed by atoms with van der Waals surface area (Å²) in [4.78, 5) is 16.7. The molecule has 2 heterocycles. The topological polar surface area (TPSA) is 53.9 Å². The molecule has 0 unspecified atom stereocenters. The molecule has 0 radical (unpaired) electrons. The van der Waals surface area contributed by atoms with Gasteiger partial charge in [0, 0.05) is 25.4 Å². The van der Waals surface area contributed by atoms with Gasteiger partial charge in [-0.3, -0.25) is 4.79 Å². The van der Waals surface area contributed by atoms with Crippen molar-refractivity contribution in [3.8, 4) is 5.69 Å². The van der Waals surface area contributed by atoms with Gasteiger partial charge in [-0.1, -0.05) is 41.4 Å². The highest BCUT2D eigenvalue weighted by molar-refractivity contribution is 6.41. The van der Waals surface area contributed by atoms with E-state index < -0.39 is 0 Å². The fourth-order valence-electron chi connectivity index (χ4n) is 2.23. The van der Waals surface area contributed by atoms with Crippen molar-refractivity contribution in [2.45, 2.75) is 6.54 Å². The van der Waals surface area contributed by atoms with Gasteiger partial charge in [-0.2, -0.15) is 5.10 Å². The van der Waals surface area contributed by atoms with Gasteiger partial charge in [0.2, 0.25) is 0 Å². The molecule has 0 saturated heterocycles. The molecule has 1 aromatic carbocycles. The summed E-state index contributed by atoms with van der Waals surface area (Å²) >= 11 is 11.7. The van der Waals surface area contributed by atoms with Crippen LogP contribution < -0.4 is 0 Å². The number of hydrogen-bond acceptors (Lipinski definition) is 2. The number of amides is 1. The number of halogens is 2. The fourth-order valence-corrected chi connectivity index (χ4v) is 2.55. The zero-order valence-corrected chi connectivity index (χ0v) is 13.8. The van der Waals surface area contributed by atoms with Crippen LogP contribution in [0.25, 0.3) is 5.69 Å². The minimum Gasteiger partial charge on any atom is -0.340 e. The maximum absolute atomic E-state index is 12.3. The normalized spacial score (nSPS) is 10.7. The summed E-state index contributed by atoms with van der Waals surface area (Å²) in [5.41, 5.74) is 2.25. The summed E-state index contributed by atoms with van der Waals surface area (Å²) < 4.78 is 1.77. The van der Waals surface area contributed by atoms with Gasteiger partial charge in [0.25, 0.3) is 5.91 Å². The summed E-state index contributed by atoms with van der Waals surface area (Å²) in [5.74, 6) is -0.189. The lowest BCUT2D eigenvalue weighted by molar-refractivity contribution is 0.0780. The molecular formula is C16H14Cl2N4O. The number of benzene rings is 1. The number of carbonyl (C=O) groups is 1. The average Bonchev–Trinajstić information content (AvgIpc) is 3.15. The fraction of sp³-hybridized carbons (Fsp3) is 0.125. The van der Waals surface area contributed by atoms with Gasteiger partial charge in [0.1, 0.15) is 10.8 Å². The van der Waals surface area contributed by atoms with E-state index in [0.717, 1.165) is 11.3 Å². The summed E-state index contributed by atoms with van der Waals surface area (Å²) in [6.45, 7) is 0.430. The van der Waals surface area contributed by atoms with Crippen LogP contribution >= 0.6 is 23.2 Å². The summed E-state index contributed by atoms with van der Waals surface area (Å²) in [6, 6.07) is 11.3. The van der Waals surface area contributed by atoms with Crippen molar-refractivity contribution in [3.05, 3.63) is 70.2 Å². The Bertz CT molecular complexity index is 806. The highest BCUT2D eigenvalue weighted by Crippen LogP contribution is 2.22. The van der Waals surface area contributed by atoms with E-state index in [4.69, 9.17) is 23.2 Å². The first kappa shape index (κ1) is 15.6. The van der Waals surface area contributed by atoms with E-state index in [-0.39, 0.29) is 11.1 Å². The average molecular weight is 349 g/mol. The molecule has 1 N–H and O–H groups in total. The van der Waals surface area contributed by atoms with Crippen LogP contribution in [-0.2, 0) is 6.54 Å². The lowest BCUT2D eigenvalue weighted by Crippen LogP contribution is -2.26. The standard InChI is InChI=1S/C16H14Cl2N4O/c1-21(16(23)14-7-13(17)15(18)20-14)9-11-8-19-22(10-11)12-5-3-2-4-6-12/h2-8,10,20H,9H2,1H3. The number of nitrogens with one attached hydrogen (secondary N) is 1. The third kappa shape index (κ3) is 3.41. The van der Waals surface area contributed by atoms with Crippen LogP contribution in [0.15, 0.2) is 48.8 Å². The molecule has 5 nitrogen and oxygen atoms in total. The van der Waals surface area contributed by atoms with Crippen LogP contribution in [0, 0.1) is 0 Å². The van der Waals surface area contributed by atoms with Crippen molar-refractivity contribution in [1.82, 2.24) is 19.7 Å². The number of carbonyl (C=O) groups excluding carboxylic acids is 1. The van der Waals surface area contributed by atoms with E-state index in [0.29, 0.717) is 17.3 Å². The predicted molar refractivity (Wildman–Crippen MR) is 90.2 cm³/mol. The second kappa shape index (κ2) is 6.48. The molecule has 0 atom stereocenters. The molecule has 3 rings (SSSR count). The van der Waals surface area contributed by atoms with Gasteiger partial charge in [0.05, 0.1) is 16.9 Å². The number of H-pyrrole nitrogens is 1. The molecule has 1 amide bonds. The lowest BCUT2D eigenvalue weighted by atomic mass is 10.3. The maximum Gasteiger partial charge on any atom is 0.270 e. The molecule has 2 aromatic heterocycles. The van der Waals surface area contributed by atoms with Crippen molar-refractivity contribution < 1.29 is 4.79 Å². The highest BCUT2D eigenvalue weighted by atomic mass is 35.5. The van der Waals surface area contributed by atoms with Crippen molar-refractivity contribution in [3.63, 3.8) is 0 Å². The van der Waals surface area contributed by atoms with Crippen LogP contribution in [0.4, 0.5) is 0 Å². The Balaban J connectivity index is 1.72. The van der Waals surface area contributed by atoms with Crippen molar-refractivity contribution >= 4 is 29.1 Å². The van der Waals surface area contributed by atoms with E-state index in [1.54, 1.807) is 22.8 Å². The van der Waals surface area contributed by atoms with Gasteiger partial charge < -0.3 is 9.88 Å². The third-order valence-corrected chi connectivity index (χ3v) is 4.07. The SMILES string of the molecule is CN(Cc1cnn(-c2ccccc2)c1)C(=O)c1cc(Cl)c(Cl)[nH]1. The molecule has 0 aliphatic carbocycles. The maximum atomic E-state index is 12.3. The highest BCUT2D eigenvalue weighted by Gasteiger charge is 2.16. The minimum absolute atomic E-state index is 0.189. The van der Waals surface area contributed by atoms with Crippen molar-refractivity contribution in [2.24, 2.45) is 0 Å². The summed E-state index contributed by atoms with van der Waals surface area (Å²) in [7, 11) is 1.71. The van der Waals surface area contributed by atoms with Crippen molar-refractivity contribution in [2.75, 3.05) is 7.05 Å². The Labute approximate surface area is 143 Å². The molecule has 0 aliphatic rings. The molecule has 118 valence electrons. The van der Waals surface area contributed by atoms with Crippen LogP contribution in [0.3, 0.4) is 0 Å². The molecular weight excluding hydrogens is 335 g/mol. The molecule has 7 heteroatoms. The number of aromatic nitrogens is 3. The molecule has 3 aromatic rings. The van der Waals surface area contributed by atoms with E-state index in [2.05, 4.69) is 10.1 Å². The Morgan fingerprint density at radius 1 is 1.30 bits per heavy atom. The van der Waals surface area contributed by atoms with Gasteiger partial charge in [-0.25, -0.2) is 4.68 Å². The first-order valence-electron chi connectivity index (χ1n) is 6.93. The molecule has 0 fully saturated rings. The summed E-state index contributed by atoms with van der Waals surface area (Å²) in [6.07, 6.45) is 3.64. The largest absolute Gasteiger partial charge is 0.340 e. The smallest absolute Gasteiger partial charge is 0.270 e. The first-order chi connectivity index (χ1) is 11.0. The van der Waals surface area contributed by atoms with E-state index in [9.17, 15) is 4.79 Å². The first-order valence-corrected chi connectivity index (χ1v) is 7.68. The Kier molecular flexibility index (Phi) is 4.41. The van der Waals surface area contributed by atoms with Gasteiger partial charge in [0.15, 0.2) is 0 Å². The van der Waals surface area contributed by atoms with Crippen LogP contribution in [0.5, 0.6) is 0 Å². The molecule has 0 saturated carbocycles. The monoisotopic (exact) mass is 348 g/mol. The Morgan fingerprint density at radius 2 is 2.04 bits per heavy atom. The van der Waals surface area contributed by atoms with Gasteiger partial charge in [-0.05, 0) is 18.2 Å². The quantitative estimate of drug-likeness (QED) is 0.779. The number of para-hydroxylation sites is 1. The Morgan fingerprint density at radius 3 is 2.70 bits per heavy atom. The number of aromatic amines is 1. The Hall–Kier alpha value is -2.24. The predicted octanol–water partition coefficient (Wildman–Crippen LogP) is 3.78. The summed E-state index contributed by atoms with van der Waals surface area (Å²) in [5, 5.41) is 4.92. The van der Waals surface area contributed by atoms with Gasteiger partial charge in [-0.15, -0.1) is 0 Å². The second-order valence-corrected chi connectivity index (χ2v) is 5.92. The molecule has 0 spiro atoms. The third-order valence-electron chi connectivity index (χ3n) is 3.38.